The Balaban J connectivity index is 1.73. The first-order chi connectivity index (χ1) is 10.2. The summed E-state index contributed by atoms with van der Waals surface area (Å²) in [7, 11) is 0. The van der Waals surface area contributed by atoms with Crippen LogP contribution in [-0.4, -0.2) is 4.98 Å². The molecular formula is C18H17ClN2. The van der Waals surface area contributed by atoms with E-state index < -0.39 is 0 Å². The molecule has 0 radical (unpaired) electrons. The minimum atomic E-state index is 0.187. The van der Waals surface area contributed by atoms with Gasteiger partial charge in [0.2, 0.25) is 0 Å². The SMILES string of the molecule is C[C@@H](NCc1ccc2ccccc2n1)c1ccccc1Cl. The van der Waals surface area contributed by atoms with Crippen LogP contribution in [0.15, 0.2) is 60.7 Å². The largest absolute Gasteiger partial charge is 0.305 e. The summed E-state index contributed by atoms with van der Waals surface area (Å²) in [6.07, 6.45) is 0. The van der Waals surface area contributed by atoms with Gasteiger partial charge in [-0.25, -0.2) is 0 Å². The van der Waals surface area contributed by atoms with Crippen LogP contribution in [0.3, 0.4) is 0 Å². The lowest BCUT2D eigenvalue weighted by molar-refractivity contribution is 0.569. The van der Waals surface area contributed by atoms with Gasteiger partial charge in [0.15, 0.2) is 0 Å². The highest BCUT2D eigenvalue weighted by atomic mass is 35.5. The Bertz CT molecular complexity index is 755. The van der Waals surface area contributed by atoms with Crippen LogP contribution in [0.2, 0.25) is 5.02 Å². The fraction of sp³-hybridized carbons (Fsp3) is 0.167. The molecule has 1 heterocycles. The maximum Gasteiger partial charge on any atom is 0.0705 e. The zero-order valence-corrected chi connectivity index (χ0v) is 12.6. The molecule has 0 aliphatic rings. The van der Waals surface area contributed by atoms with Crippen LogP contribution in [0, 0.1) is 0 Å². The fourth-order valence-electron chi connectivity index (χ4n) is 2.40. The van der Waals surface area contributed by atoms with E-state index in [0.717, 1.165) is 28.3 Å². The average molecular weight is 297 g/mol. The van der Waals surface area contributed by atoms with Crippen LogP contribution in [0.25, 0.3) is 10.9 Å². The second-order valence-electron chi connectivity index (χ2n) is 5.12. The second kappa shape index (κ2) is 6.25. The fourth-order valence-corrected chi connectivity index (χ4v) is 2.70. The molecule has 3 aromatic rings. The monoisotopic (exact) mass is 296 g/mol. The Hall–Kier alpha value is -1.90. The molecule has 0 bridgehead atoms. The summed E-state index contributed by atoms with van der Waals surface area (Å²) in [6, 6.07) is 20.4. The molecule has 106 valence electrons. The number of hydrogen-bond donors (Lipinski definition) is 1. The van der Waals surface area contributed by atoms with Gasteiger partial charge in [-0.15, -0.1) is 0 Å². The van der Waals surface area contributed by atoms with Crippen LogP contribution in [-0.2, 0) is 6.54 Å². The summed E-state index contributed by atoms with van der Waals surface area (Å²) in [5.74, 6) is 0. The van der Waals surface area contributed by atoms with E-state index in [2.05, 4.69) is 35.4 Å². The van der Waals surface area contributed by atoms with Crippen molar-refractivity contribution in [2.75, 3.05) is 0 Å². The summed E-state index contributed by atoms with van der Waals surface area (Å²) in [6.45, 7) is 2.83. The number of nitrogens with zero attached hydrogens (tertiary/aromatic N) is 1. The number of pyridine rings is 1. The maximum atomic E-state index is 6.22. The van der Waals surface area contributed by atoms with Crippen molar-refractivity contribution in [3.05, 3.63) is 76.9 Å². The van der Waals surface area contributed by atoms with Gasteiger partial charge in [0.25, 0.3) is 0 Å². The van der Waals surface area contributed by atoms with E-state index in [1.807, 2.05) is 42.5 Å². The van der Waals surface area contributed by atoms with Crippen molar-refractivity contribution >= 4 is 22.5 Å². The average Bonchev–Trinajstić information content (AvgIpc) is 2.53. The number of fused-ring (bicyclic) bond motifs is 1. The Labute approximate surface area is 129 Å². The van der Waals surface area contributed by atoms with E-state index in [0.29, 0.717) is 0 Å². The normalized spacial score (nSPS) is 12.5. The van der Waals surface area contributed by atoms with Crippen molar-refractivity contribution in [3.8, 4) is 0 Å². The minimum absolute atomic E-state index is 0.187. The number of para-hydroxylation sites is 1. The molecule has 0 aliphatic carbocycles. The molecule has 3 rings (SSSR count). The number of halogens is 1. The molecule has 3 heteroatoms. The van der Waals surface area contributed by atoms with Gasteiger partial charge in [-0.1, -0.05) is 54.1 Å². The molecule has 1 atom stereocenters. The van der Waals surface area contributed by atoms with Crippen molar-refractivity contribution in [2.24, 2.45) is 0 Å². The zero-order valence-electron chi connectivity index (χ0n) is 11.9. The Morgan fingerprint density at radius 2 is 1.76 bits per heavy atom. The van der Waals surface area contributed by atoms with Crippen LogP contribution >= 0.6 is 11.6 Å². The van der Waals surface area contributed by atoms with Crippen LogP contribution in [0.5, 0.6) is 0 Å². The molecule has 0 saturated carbocycles. The topological polar surface area (TPSA) is 24.9 Å². The van der Waals surface area contributed by atoms with E-state index in [4.69, 9.17) is 11.6 Å². The molecule has 0 amide bonds. The first kappa shape index (κ1) is 14.1. The van der Waals surface area contributed by atoms with Crippen molar-refractivity contribution in [1.82, 2.24) is 10.3 Å². The first-order valence-corrected chi connectivity index (χ1v) is 7.44. The van der Waals surface area contributed by atoms with E-state index in [9.17, 15) is 0 Å². The van der Waals surface area contributed by atoms with E-state index in [1.54, 1.807) is 0 Å². The third-order valence-electron chi connectivity index (χ3n) is 3.62. The molecule has 2 aromatic carbocycles. The smallest absolute Gasteiger partial charge is 0.0705 e. The summed E-state index contributed by atoms with van der Waals surface area (Å²) in [5, 5.41) is 5.44. The lowest BCUT2D eigenvalue weighted by atomic mass is 10.1. The molecule has 21 heavy (non-hydrogen) atoms. The summed E-state index contributed by atoms with van der Waals surface area (Å²) < 4.78 is 0. The van der Waals surface area contributed by atoms with Crippen molar-refractivity contribution in [3.63, 3.8) is 0 Å². The van der Waals surface area contributed by atoms with Crippen LogP contribution in [0.1, 0.15) is 24.2 Å². The number of hydrogen-bond acceptors (Lipinski definition) is 2. The van der Waals surface area contributed by atoms with Crippen LogP contribution < -0.4 is 5.32 Å². The zero-order chi connectivity index (χ0) is 14.7. The van der Waals surface area contributed by atoms with E-state index in [1.165, 1.54) is 5.39 Å². The quantitative estimate of drug-likeness (QED) is 0.752. The number of benzene rings is 2. The maximum absolute atomic E-state index is 6.22. The molecule has 0 spiro atoms. The van der Waals surface area contributed by atoms with Gasteiger partial charge >= 0.3 is 0 Å². The molecule has 0 unspecified atom stereocenters. The van der Waals surface area contributed by atoms with Gasteiger partial charge in [0.05, 0.1) is 11.2 Å². The van der Waals surface area contributed by atoms with E-state index in [-0.39, 0.29) is 6.04 Å². The number of rotatable bonds is 4. The molecule has 1 N–H and O–H groups in total. The number of nitrogens with one attached hydrogen (secondary N) is 1. The van der Waals surface area contributed by atoms with Gasteiger partial charge < -0.3 is 5.32 Å². The Kier molecular flexibility index (Phi) is 4.18. The van der Waals surface area contributed by atoms with Gasteiger partial charge in [-0.05, 0) is 30.7 Å². The van der Waals surface area contributed by atoms with Crippen molar-refractivity contribution < 1.29 is 0 Å². The molecular weight excluding hydrogens is 280 g/mol. The van der Waals surface area contributed by atoms with Gasteiger partial charge in [0.1, 0.15) is 0 Å². The summed E-state index contributed by atoms with van der Waals surface area (Å²) in [5.41, 5.74) is 3.18. The highest BCUT2D eigenvalue weighted by Gasteiger charge is 2.08. The lowest BCUT2D eigenvalue weighted by Crippen LogP contribution is -2.19. The summed E-state index contributed by atoms with van der Waals surface area (Å²) >= 11 is 6.22. The lowest BCUT2D eigenvalue weighted by Gasteiger charge is -2.15. The first-order valence-electron chi connectivity index (χ1n) is 7.06. The highest BCUT2D eigenvalue weighted by molar-refractivity contribution is 6.31. The molecule has 0 fully saturated rings. The molecule has 1 aromatic heterocycles. The van der Waals surface area contributed by atoms with E-state index >= 15 is 0 Å². The van der Waals surface area contributed by atoms with Gasteiger partial charge in [0, 0.05) is 23.0 Å². The Morgan fingerprint density at radius 3 is 2.62 bits per heavy atom. The van der Waals surface area contributed by atoms with Crippen LogP contribution in [0.4, 0.5) is 0 Å². The molecule has 2 nitrogen and oxygen atoms in total. The second-order valence-corrected chi connectivity index (χ2v) is 5.53. The summed E-state index contributed by atoms with van der Waals surface area (Å²) in [4.78, 5) is 4.67. The Morgan fingerprint density at radius 1 is 1.00 bits per heavy atom. The third-order valence-corrected chi connectivity index (χ3v) is 3.96. The standard InChI is InChI=1S/C18H17ClN2/c1-13(16-7-3-4-8-17(16)19)20-12-15-11-10-14-6-2-5-9-18(14)21-15/h2-11,13,20H,12H2,1H3/t13-/m1/s1. The predicted molar refractivity (Wildman–Crippen MR) is 88.4 cm³/mol. The minimum Gasteiger partial charge on any atom is -0.305 e. The van der Waals surface area contributed by atoms with Crippen molar-refractivity contribution in [2.45, 2.75) is 19.5 Å². The third kappa shape index (κ3) is 3.23. The highest BCUT2D eigenvalue weighted by Crippen LogP contribution is 2.22. The molecule has 0 aliphatic heterocycles. The number of aromatic nitrogens is 1. The predicted octanol–water partition coefficient (Wildman–Crippen LogP) is 4.74. The van der Waals surface area contributed by atoms with Gasteiger partial charge in [-0.2, -0.15) is 0 Å². The van der Waals surface area contributed by atoms with Crippen molar-refractivity contribution in [1.29, 1.82) is 0 Å². The van der Waals surface area contributed by atoms with Gasteiger partial charge in [-0.3, -0.25) is 4.98 Å². The molecule has 0 saturated heterocycles.